The third-order valence-corrected chi connectivity index (χ3v) is 3.78. The van der Waals surface area contributed by atoms with Crippen molar-refractivity contribution in [1.82, 2.24) is 0 Å². The largest absolute Gasteiger partial charge is 0.497 e. The van der Waals surface area contributed by atoms with Gasteiger partial charge in [0.05, 0.1) is 12.8 Å². The van der Waals surface area contributed by atoms with E-state index in [1.807, 2.05) is 42.3 Å². The zero-order valence-corrected chi connectivity index (χ0v) is 13.2. The van der Waals surface area contributed by atoms with Gasteiger partial charge in [0.2, 0.25) is 0 Å². The molecule has 0 aliphatic carbocycles. The molecule has 0 bridgehead atoms. The molecular formula is C16H17BrFNO. The maximum atomic E-state index is 14.0. The lowest BCUT2D eigenvalue weighted by Crippen LogP contribution is -2.19. The summed E-state index contributed by atoms with van der Waals surface area (Å²) < 4.78 is 19.2. The van der Waals surface area contributed by atoms with Gasteiger partial charge >= 0.3 is 0 Å². The fourth-order valence-electron chi connectivity index (χ4n) is 2.18. The van der Waals surface area contributed by atoms with E-state index in [4.69, 9.17) is 4.74 Å². The molecule has 106 valence electrons. The Morgan fingerprint density at radius 1 is 1.15 bits per heavy atom. The summed E-state index contributed by atoms with van der Waals surface area (Å²) in [4.78, 5) is 1.92. The number of hydrogen-bond donors (Lipinski definition) is 0. The Morgan fingerprint density at radius 3 is 2.45 bits per heavy atom. The molecule has 0 aromatic heterocycles. The number of benzene rings is 2. The average Bonchev–Trinajstić information content (AvgIpc) is 2.47. The highest BCUT2D eigenvalue weighted by atomic mass is 79.9. The van der Waals surface area contributed by atoms with E-state index in [1.54, 1.807) is 13.2 Å². The second-order valence-electron chi connectivity index (χ2n) is 4.59. The van der Waals surface area contributed by atoms with Crippen LogP contribution in [-0.2, 0) is 11.9 Å². The van der Waals surface area contributed by atoms with Crippen molar-refractivity contribution in [1.29, 1.82) is 0 Å². The zero-order chi connectivity index (χ0) is 14.5. The maximum Gasteiger partial charge on any atom is 0.146 e. The van der Waals surface area contributed by atoms with E-state index in [0.29, 0.717) is 17.6 Å². The number of rotatable bonds is 5. The van der Waals surface area contributed by atoms with Crippen molar-refractivity contribution < 1.29 is 9.13 Å². The first-order valence-corrected chi connectivity index (χ1v) is 7.45. The highest BCUT2D eigenvalue weighted by Crippen LogP contribution is 2.27. The van der Waals surface area contributed by atoms with E-state index in [1.165, 1.54) is 6.07 Å². The summed E-state index contributed by atoms with van der Waals surface area (Å²) >= 11 is 3.41. The summed E-state index contributed by atoms with van der Waals surface area (Å²) in [6, 6.07) is 13.0. The van der Waals surface area contributed by atoms with Crippen molar-refractivity contribution in [3.8, 4) is 5.75 Å². The van der Waals surface area contributed by atoms with Crippen LogP contribution >= 0.6 is 15.9 Å². The molecule has 2 rings (SSSR count). The van der Waals surface area contributed by atoms with Gasteiger partial charge in [0.15, 0.2) is 0 Å². The maximum absolute atomic E-state index is 14.0. The van der Waals surface area contributed by atoms with Gasteiger partial charge in [0.25, 0.3) is 0 Å². The minimum absolute atomic E-state index is 0.196. The molecule has 20 heavy (non-hydrogen) atoms. The van der Waals surface area contributed by atoms with E-state index in [9.17, 15) is 4.39 Å². The number of halogens is 2. The molecule has 2 aromatic carbocycles. The molecular weight excluding hydrogens is 321 g/mol. The molecule has 0 aliphatic rings. The fourth-order valence-corrected chi connectivity index (χ4v) is 2.63. The Morgan fingerprint density at radius 2 is 1.85 bits per heavy atom. The normalized spacial score (nSPS) is 10.4. The second kappa shape index (κ2) is 6.75. The smallest absolute Gasteiger partial charge is 0.146 e. The highest BCUT2D eigenvalue weighted by molar-refractivity contribution is 9.08. The van der Waals surface area contributed by atoms with Gasteiger partial charge in [-0.15, -0.1) is 0 Å². The molecule has 0 saturated heterocycles. The van der Waals surface area contributed by atoms with Gasteiger partial charge < -0.3 is 9.64 Å². The molecule has 0 aliphatic heterocycles. The van der Waals surface area contributed by atoms with Crippen LogP contribution in [0, 0.1) is 5.82 Å². The van der Waals surface area contributed by atoms with E-state index in [0.717, 1.165) is 16.9 Å². The third-order valence-electron chi connectivity index (χ3n) is 3.17. The Bertz CT molecular complexity index is 571. The molecule has 0 spiro atoms. The second-order valence-corrected chi connectivity index (χ2v) is 5.15. The van der Waals surface area contributed by atoms with Crippen LogP contribution in [0.5, 0.6) is 5.75 Å². The van der Waals surface area contributed by atoms with Gasteiger partial charge in [-0.25, -0.2) is 4.39 Å². The zero-order valence-electron chi connectivity index (χ0n) is 11.6. The number of nitrogens with zero attached hydrogens (tertiary/aromatic N) is 1. The van der Waals surface area contributed by atoms with E-state index in [2.05, 4.69) is 15.9 Å². The number of methoxy groups -OCH3 is 1. The molecule has 0 atom stereocenters. The van der Waals surface area contributed by atoms with Crippen molar-refractivity contribution >= 4 is 21.6 Å². The van der Waals surface area contributed by atoms with E-state index >= 15 is 0 Å². The van der Waals surface area contributed by atoms with Gasteiger partial charge in [-0.1, -0.05) is 40.2 Å². The highest BCUT2D eigenvalue weighted by Gasteiger charge is 2.12. The van der Waals surface area contributed by atoms with E-state index < -0.39 is 0 Å². The van der Waals surface area contributed by atoms with Crippen LogP contribution in [0.4, 0.5) is 10.1 Å². The van der Waals surface area contributed by atoms with Crippen LogP contribution in [0.2, 0.25) is 0 Å². The molecule has 0 amide bonds. The van der Waals surface area contributed by atoms with Crippen molar-refractivity contribution in [3.63, 3.8) is 0 Å². The molecule has 0 unspecified atom stereocenters. The minimum atomic E-state index is -0.196. The van der Waals surface area contributed by atoms with Crippen LogP contribution < -0.4 is 9.64 Å². The van der Waals surface area contributed by atoms with Gasteiger partial charge in [-0.2, -0.15) is 0 Å². The molecule has 0 saturated carbocycles. The van der Waals surface area contributed by atoms with Gasteiger partial charge in [0, 0.05) is 18.9 Å². The lowest BCUT2D eigenvalue weighted by molar-refractivity contribution is 0.414. The molecule has 0 radical (unpaired) electrons. The van der Waals surface area contributed by atoms with Crippen molar-refractivity contribution in [2.45, 2.75) is 11.9 Å². The minimum Gasteiger partial charge on any atom is -0.497 e. The number of para-hydroxylation sites is 1. The molecule has 0 N–H and O–H groups in total. The Kier molecular flexibility index (Phi) is 5.01. The molecule has 4 heteroatoms. The summed E-state index contributed by atoms with van der Waals surface area (Å²) in [5.74, 6) is 0.626. The summed E-state index contributed by atoms with van der Waals surface area (Å²) in [5, 5.41) is 0.632. The topological polar surface area (TPSA) is 12.5 Å². The summed E-state index contributed by atoms with van der Waals surface area (Å²) in [6.07, 6.45) is 0. The fraction of sp³-hybridized carbons (Fsp3) is 0.250. The van der Waals surface area contributed by atoms with Crippen molar-refractivity contribution in [2.75, 3.05) is 19.1 Å². The lowest BCUT2D eigenvalue weighted by Gasteiger charge is -2.22. The van der Waals surface area contributed by atoms with Crippen molar-refractivity contribution in [2.24, 2.45) is 0 Å². The Balaban J connectivity index is 2.21. The quantitative estimate of drug-likeness (QED) is 0.751. The van der Waals surface area contributed by atoms with Gasteiger partial charge in [-0.05, 0) is 29.3 Å². The first-order valence-electron chi connectivity index (χ1n) is 6.33. The number of ether oxygens (including phenoxy) is 1. The first kappa shape index (κ1) is 14.9. The van der Waals surface area contributed by atoms with Crippen molar-refractivity contribution in [3.05, 3.63) is 59.4 Å². The molecule has 0 heterocycles. The number of anilines is 1. The first-order chi connectivity index (χ1) is 9.65. The molecule has 2 nitrogen and oxygen atoms in total. The van der Waals surface area contributed by atoms with Gasteiger partial charge in [0.1, 0.15) is 11.6 Å². The third kappa shape index (κ3) is 3.31. The van der Waals surface area contributed by atoms with Crippen LogP contribution in [0.1, 0.15) is 11.1 Å². The van der Waals surface area contributed by atoms with Crippen LogP contribution in [-0.4, -0.2) is 14.2 Å². The lowest BCUT2D eigenvalue weighted by atomic mass is 10.1. The van der Waals surface area contributed by atoms with E-state index in [-0.39, 0.29) is 5.82 Å². The van der Waals surface area contributed by atoms with Gasteiger partial charge in [-0.3, -0.25) is 0 Å². The average molecular weight is 338 g/mol. The predicted octanol–water partition coefficient (Wildman–Crippen LogP) is 4.37. The van der Waals surface area contributed by atoms with Crippen LogP contribution in [0.15, 0.2) is 42.5 Å². The number of alkyl halides is 1. The van der Waals surface area contributed by atoms with Crippen LogP contribution in [0.3, 0.4) is 0 Å². The summed E-state index contributed by atoms with van der Waals surface area (Å²) in [7, 11) is 3.54. The van der Waals surface area contributed by atoms with Crippen LogP contribution in [0.25, 0.3) is 0 Å². The molecule has 2 aromatic rings. The standard InChI is InChI=1S/C16H17BrFNO/c1-19(11-12-6-8-14(20-2)9-7-12)16-13(10-17)4-3-5-15(16)18/h3-9H,10-11H2,1-2H3. The Hall–Kier alpha value is -1.55. The monoisotopic (exact) mass is 337 g/mol. The number of hydrogen-bond acceptors (Lipinski definition) is 2. The summed E-state index contributed by atoms with van der Waals surface area (Å²) in [6.45, 7) is 0.644. The predicted molar refractivity (Wildman–Crippen MR) is 84.1 cm³/mol. The Labute approximate surface area is 127 Å². The molecule has 0 fully saturated rings. The summed E-state index contributed by atoms with van der Waals surface area (Å²) in [5.41, 5.74) is 2.69. The SMILES string of the molecule is COc1ccc(CN(C)c2c(F)cccc2CBr)cc1.